The summed E-state index contributed by atoms with van der Waals surface area (Å²) in [5, 5.41) is 2.92. The van der Waals surface area contributed by atoms with Crippen molar-refractivity contribution in [3.8, 4) is 5.75 Å². The first kappa shape index (κ1) is 19.2. The summed E-state index contributed by atoms with van der Waals surface area (Å²) in [6.45, 7) is -0.179. The molecule has 28 heavy (non-hydrogen) atoms. The van der Waals surface area contributed by atoms with E-state index in [1.165, 1.54) is 0 Å². The van der Waals surface area contributed by atoms with Crippen molar-refractivity contribution in [2.45, 2.75) is 12.3 Å². The van der Waals surface area contributed by atoms with Gasteiger partial charge in [0.15, 0.2) is 6.61 Å². The van der Waals surface area contributed by atoms with E-state index in [1.807, 2.05) is 60.7 Å². The lowest BCUT2D eigenvalue weighted by molar-refractivity contribution is -0.120. The molecule has 3 aromatic carbocycles. The lowest BCUT2D eigenvalue weighted by Crippen LogP contribution is -2.20. The molecular weight excluding hydrogens is 352 g/mol. The van der Waals surface area contributed by atoms with E-state index in [1.54, 1.807) is 24.3 Å². The highest BCUT2D eigenvalue weighted by atomic mass is 16.5. The van der Waals surface area contributed by atoms with Gasteiger partial charge < -0.3 is 15.8 Å². The van der Waals surface area contributed by atoms with Crippen LogP contribution in [0.3, 0.4) is 0 Å². The van der Waals surface area contributed by atoms with E-state index in [4.69, 9.17) is 10.5 Å². The van der Waals surface area contributed by atoms with Crippen molar-refractivity contribution in [2.75, 3.05) is 11.9 Å². The number of carbonyl (C=O) groups excluding carboxylic acids is 2. The summed E-state index contributed by atoms with van der Waals surface area (Å²) in [5.41, 5.74) is 7.91. The highest BCUT2D eigenvalue weighted by molar-refractivity contribution is 5.91. The topological polar surface area (TPSA) is 81.4 Å². The SMILES string of the molecule is NC(=O)COc1ccc(NC(=O)CC(c2ccccc2)c2ccccc2)cc1. The zero-order valence-electron chi connectivity index (χ0n) is 15.4. The van der Waals surface area contributed by atoms with Crippen molar-refractivity contribution in [3.63, 3.8) is 0 Å². The molecule has 142 valence electrons. The summed E-state index contributed by atoms with van der Waals surface area (Å²) in [6.07, 6.45) is 0.327. The summed E-state index contributed by atoms with van der Waals surface area (Å²) < 4.78 is 5.22. The van der Waals surface area contributed by atoms with Gasteiger partial charge in [0, 0.05) is 18.0 Å². The van der Waals surface area contributed by atoms with Gasteiger partial charge in [-0.05, 0) is 35.4 Å². The Bertz CT molecular complexity index is 870. The predicted molar refractivity (Wildman–Crippen MR) is 109 cm³/mol. The van der Waals surface area contributed by atoms with Gasteiger partial charge in [-0.15, -0.1) is 0 Å². The minimum atomic E-state index is -0.537. The predicted octanol–water partition coefficient (Wildman–Crippen LogP) is 3.71. The van der Waals surface area contributed by atoms with Gasteiger partial charge in [-0.2, -0.15) is 0 Å². The van der Waals surface area contributed by atoms with Gasteiger partial charge in [0.1, 0.15) is 5.75 Å². The molecule has 5 nitrogen and oxygen atoms in total. The van der Waals surface area contributed by atoms with Crippen molar-refractivity contribution in [3.05, 3.63) is 96.1 Å². The molecule has 0 heterocycles. The number of anilines is 1. The van der Waals surface area contributed by atoms with Crippen molar-refractivity contribution in [2.24, 2.45) is 5.73 Å². The number of ether oxygens (including phenoxy) is 1. The zero-order valence-corrected chi connectivity index (χ0v) is 15.4. The highest BCUT2D eigenvalue weighted by Gasteiger charge is 2.18. The largest absolute Gasteiger partial charge is 0.484 e. The molecule has 0 radical (unpaired) electrons. The van der Waals surface area contributed by atoms with Gasteiger partial charge in [-0.3, -0.25) is 9.59 Å². The summed E-state index contributed by atoms with van der Waals surface area (Å²) in [4.78, 5) is 23.4. The van der Waals surface area contributed by atoms with Crippen LogP contribution < -0.4 is 15.8 Å². The third-order valence-corrected chi connectivity index (χ3v) is 4.31. The molecule has 0 aliphatic heterocycles. The van der Waals surface area contributed by atoms with Crippen LogP contribution in [-0.4, -0.2) is 18.4 Å². The number of rotatable bonds is 8. The van der Waals surface area contributed by atoms with Crippen LogP contribution in [0.4, 0.5) is 5.69 Å². The van der Waals surface area contributed by atoms with Crippen LogP contribution in [0.1, 0.15) is 23.5 Å². The fourth-order valence-electron chi connectivity index (χ4n) is 2.99. The Balaban J connectivity index is 1.68. The third kappa shape index (κ3) is 5.45. The van der Waals surface area contributed by atoms with E-state index >= 15 is 0 Å². The van der Waals surface area contributed by atoms with E-state index in [9.17, 15) is 9.59 Å². The van der Waals surface area contributed by atoms with Crippen molar-refractivity contribution < 1.29 is 14.3 Å². The van der Waals surface area contributed by atoms with Gasteiger partial charge in [-0.1, -0.05) is 60.7 Å². The lowest BCUT2D eigenvalue weighted by atomic mass is 9.88. The van der Waals surface area contributed by atoms with Crippen LogP contribution in [0.2, 0.25) is 0 Å². The molecule has 0 saturated carbocycles. The van der Waals surface area contributed by atoms with E-state index in [0.29, 0.717) is 17.9 Å². The average molecular weight is 374 g/mol. The van der Waals surface area contributed by atoms with Crippen LogP contribution in [0, 0.1) is 0 Å². The highest BCUT2D eigenvalue weighted by Crippen LogP contribution is 2.28. The van der Waals surface area contributed by atoms with Crippen LogP contribution in [-0.2, 0) is 9.59 Å². The van der Waals surface area contributed by atoms with Crippen LogP contribution in [0.5, 0.6) is 5.75 Å². The molecule has 0 saturated heterocycles. The first-order valence-electron chi connectivity index (χ1n) is 9.03. The van der Waals surface area contributed by atoms with Gasteiger partial charge in [-0.25, -0.2) is 0 Å². The number of benzene rings is 3. The molecule has 0 fully saturated rings. The molecule has 0 aliphatic carbocycles. The molecule has 0 unspecified atom stereocenters. The standard InChI is InChI=1S/C23H22N2O3/c24-22(26)16-28-20-13-11-19(12-14-20)25-23(27)15-21(17-7-3-1-4-8-17)18-9-5-2-6-10-18/h1-14,21H,15-16H2,(H2,24,26)(H,25,27). The van der Waals surface area contributed by atoms with Crippen LogP contribution in [0.15, 0.2) is 84.9 Å². The molecule has 3 aromatic rings. The second-order valence-corrected chi connectivity index (χ2v) is 6.41. The zero-order chi connectivity index (χ0) is 19.8. The molecule has 0 spiro atoms. The first-order valence-corrected chi connectivity index (χ1v) is 9.03. The number of primary amides is 1. The summed E-state index contributed by atoms with van der Waals surface area (Å²) in [7, 11) is 0. The first-order chi connectivity index (χ1) is 13.6. The van der Waals surface area contributed by atoms with E-state index in [-0.39, 0.29) is 18.4 Å². The second kappa shape index (κ2) is 9.37. The lowest BCUT2D eigenvalue weighted by Gasteiger charge is -2.18. The van der Waals surface area contributed by atoms with Crippen LogP contribution >= 0.6 is 0 Å². The summed E-state index contributed by atoms with van der Waals surface area (Å²) >= 11 is 0. The monoisotopic (exact) mass is 374 g/mol. The second-order valence-electron chi connectivity index (χ2n) is 6.41. The van der Waals surface area contributed by atoms with Gasteiger partial charge >= 0.3 is 0 Å². The molecule has 3 N–H and O–H groups in total. The van der Waals surface area contributed by atoms with Crippen molar-refractivity contribution in [1.82, 2.24) is 0 Å². The third-order valence-electron chi connectivity index (χ3n) is 4.31. The minimum Gasteiger partial charge on any atom is -0.484 e. The van der Waals surface area contributed by atoms with Crippen LogP contribution in [0.25, 0.3) is 0 Å². The number of carbonyl (C=O) groups is 2. The van der Waals surface area contributed by atoms with Gasteiger partial charge in [0.05, 0.1) is 0 Å². The number of nitrogens with two attached hydrogens (primary N) is 1. The summed E-state index contributed by atoms with van der Waals surface area (Å²) in [5.74, 6) is -0.127. The Labute approximate surface area is 164 Å². The molecular formula is C23H22N2O3. The van der Waals surface area contributed by atoms with Gasteiger partial charge in [0.25, 0.3) is 5.91 Å². The maximum absolute atomic E-state index is 12.7. The Morgan fingerprint density at radius 3 is 1.86 bits per heavy atom. The van der Waals surface area contributed by atoms with Crippen molar-refractivity contribution in [1.29, 1.82) is 0 Å². The molecule has 2 amide bonds. The minimum absolute atomic E-state index is 0.0272. The smallest absolute Gasteiger partial charge is 0.255 e. The summed E-state index contributed by atoms with van der Waals surface area (Å²) in [6, 6.07) is 26.8. The van der Waals surface area contributed by atoms with E-state index in [0.717, 1.165) is 11.1 Å². The Morgan fingerprint density at radius 2 is 1.36 bits per heavy atom. The maximum Gasteiger partial charge on any atom is 0.255 e. The quantitative estimate of drug-likeness (QED) is 0.631. The maximum atomic E-state index is 12.7. The Morgan fingerprint density at radius 1 is 0.821 bits per heavy atom. The fraction of sp³-hybridized carbons (Fsp3) is 0.130. The molecule has 0 bridgehead atoms. The van der Waals surface area contributed by atoms with Crippen molar-refractivity contribution >= 4 is 17.5 Å². The molecule has 0 aromatic heterocycles. The fourth-order valence-corrected chi connectivity index (χ4v) is 2.99. The molecule has 5 heteroatoms. The van der Waals surface area contributed by atoms with E-state index < -0.39 is 5.91 Å². The number of amides is 2. The number of hydrogen-bond donors (Lipinski definition) is 2. The van der Waals surface area contributed by atoms with E-state index in [2.05, 4.69) is 5.32 Å². The Hall–Kier alpha value is -3.60. The number of nitrogens with one attached hydrogen (secondary N) is 1. The molecule has 3 rings (SSSR count). The number of hydrogen-bond acceptors (Lipinski definition) is 3. The Kier molecular flexibility index (Phi) is 6.41. The average Bonchev–Trinajstić information content (AvgIpc) is 2.73. The van der Waals surface area contributed by atoms with Gasteiger partial charge in [0.2, 0.25) is 5.91 Å². The normalized spacial score (nSPS) is 10.5. The molecule has 0 aliphatic rings. The molecule has 0 atom stereocenters.